The molecule has 0 aliphatic rings. The van der Waals surface area contributed by atoms with Crippen molar-refractivity contribution in [3.8, 4) is 0 Å². The van der Waals surface area contributed by atoms with Crippen LogP contribution in [0.2, 0.25) is 0 Å². The Labute approximate surface area is 153 Å². The summed E-state index contributed by atoms with van der Waals surface area (Å²) in [5, 5.41) is 5.07. The maximum atomic E-state index is 6.31. The van der Waals surface area contributed by atoms with E-state index in [0.29, 0.717) is 5.88 Å². The third-order valence-electron chi connectivity index (χ3n) is 4.69. The van der Waals surface area contributed by atoms with Crippen LogP contribution in [0.4, 0.5) is 0 Å². The van der Waals surface area contributed by atoms with Crippen molar-refractivity contribution in [3.63, 3.8) is 0 Å². The minimum atomic E-state index is 0.529. The van der Waals surface area contributed by atoms with E-state index < -0.39 is 0 Å². The number of halogens is 1. The van der Waals surface area contributed by atoms with E-state index in [2.05, 4.69) is 84.9 Å². The van der Waals surface area contributed by atoms with Gasteiger partial charge in [-0.2, -0.15) is 0 Å². The summed E-state index contributed by atoms with van der Waals surface area (Å²) in [5.41, 5.74) is 3.79. The molecule has 0 amide bonds. The summed E-state index contributed by atoms with van der Waals surface area (Å²) in [5.74, 6) is 0.529. The highest BCUT2D eigenvalue weighted by Crippen LogP contribution is 2.31. The van der Waals surface area contributed by atoms with Crippen molar-refractivity contribution < 1.29 is 0 Å². The molecule has 0 N–H and O–H groups in total. The SMILES string of the molecule is ClCc1c2ccccc2cc2c(CC=Cc3ccccc3)cccc12. The van der Waals surface area contributed by atoms with Crippen molar-refractivity contribution in [2.75, 3.05) is 0 Å². The molecule has 0 aliphatic carbocycles. The van der Waals surface area contributed by atoms with Gasteiger partial charge >= 0.3 is 0 Å². The zero-order valence-corrected chi connectivity index (χ0v) is 14.7. The van der Waals surface area contributed by atoms with Crippen LogP contribution in [0.1, 0.15) is 16.7 Å². The molecule has 4 rings (SSSR count). The Morgan fingerprint density at radius 2 is 1.48 bits per heavy atom. The highest BCUT2D eigenvalue weighted by molar-refractivity contribution is 6.20. The molecule has 1 heteroatoms. The Kier molecular flexibility index (Phi) is 4.54. The molecule has 4 aromatic rings. The van der Waals surface area contributed by atoms with Gasteiger partial charge in [0.1, 0.15) is 0 Å². The van der Waals surface area contributed by atoms with Gasteiger partial charge in [-0.25, -0.2) is 0 Å². The molecule has 122 valence electrons. The van der Waals surface area contributed by atoms with E-state index in [0.717, 1.165) is 6.42 Å². The predicted molar refractivity (Wildman–Crippen MR) is 110 cm³/mol. The van der Waals surface area contributed by atoms with Gasteiger partial charge in [-0.05, 0) is 50.7 Å². The maximum absolute atomic E-state index is 6.31. The molecule has 0 saturated carbocycles. The van der Waals surface area contributed by atoms with Gasteiger partial charge in [0.25, 0.3) is 0 Å². The maximum Gasteiger partial charge on any atom is 0.0486 e. The Balaban J connectivity index is 1.79. The summed E-state index contributed by atoms with van der Waals surface area (Å²) in [7, 11) is 0. The van der Waals surface area contributed by atoms with Gasteiger partial charge in [0.2, 0.25) is 0 Å². The first-order valence-electron chi connectivity index (χ1n) is 8.56. The first kappa shape index (κ1) is 15.9. The number of rotatable bonds is 4. The largest absolute Gasteiger partial charge is 0.122 e. The fraction of sp³-hybridized carbons (Fsp3) is 0.0833. The van der Waals surface area contributed by atoms with E-state index in [1.54, 1.807) is 0 Å². The van der Waals surface area contributed by atoms with E-state index in [4.69, 9.17) is 11.6 Å². The van der Waals surface area contributed by atoms with Crippen LogP contribution in [0.5, 0.6) is 0 Å². The molecule has 0 fully saturated rings. The molecule has 0 saturated heterocycles. The van der Waals surface area contributed by atoms with Crippen LogP contribution in [0.3, 0.4) is 0 Å². The first-order chi connectivity index (χ1) is 12.4. The van der Waals surface area contributed by atoms with E-state index in [1.807, 2.05) is 6.07 Å². The Morgan fingerprint density at radius 1 is 0.720 bits per heavy atom. The molecule has 0 unspecified atom stereocenters. The third-order valence-corrected chi connectivity index (χ3v) is 4.96. The summed E-state index contributed by atoms with van der Waals surface area (Å²) >= 11 is 6.31. The van der Waals surface area contributed by atoms with Gasteiger partial charge in [0.05, 0.1) is 0 Å². The second-order valence-electron chi connectivity index (χ2n) is 6.24. The van der Waals surface area contributed by atoms with E-state index >= 15 is 0 Å². The standard InChI is InChI=1S/C24H19Cl/c25-17-24-21-14-5-4-11-20(21)16-23-19(13-7-15-22(23)24)12-6-10-18-8-2-1-3-9-18/h1-11,13-16H,12,17H2. The van der Waals surface area contributed by atoms with Gasteiger partial charge in [-0.3, -0.25) is 0 Å². The fourth-order valence-electron chi connectivity index (χ4n) is 3.45. The molecular formula is C24H19Cl. The molecule has 0 bridgehead atoms. The normalized spacial score (nSPS) is 11.6. The molecule has 0 atom stereocenters. The smallest absolute Gasteiger partial charge is 0.0486 e. The molecule has 0 nitrogen and oxygen atoms in total. The number of fused-ring (bicyclic) bond motifs is 2. The van der Waals surface area contributed by atoms with Crippen molar-refractivity contribution in [2.45, 2.75) is 12.3 Å². The lowest BCUT2D eigenvalue weighted by atomic mass is 9.94. The zero-order chi connectivity index (χ0) is 17.1. The third kappa shape index (κ3) is 3.18. The van der Waals surface area contributed by atoms with Crippen molar-refractivity contribution in [1.82, 2.24) is 0 Å². The highest BCUT2D eigenvalue weighted by atomic mass is 35.5. The minimum absolute atomic E-state index is 0.529. The number of hydrogen-bond donors (Lipinski definition) is 0. The van der Waals surface area contributed by atoms with Crippen LogP contribution < -0.4 is 0 Å². The monoisotopic (exact) mass is 342 g/mol. The Morgan fingerprint density at radius 3 is 2.32 bits per heavy atom. The van der Waals surface area contributed by atoms with Gasteiger partial charge < -0.3 is 0 Å². The summed E-state index contributed by atoms with van der Waals surface area (Å²) < 4.78 is 0. The number of hydrogen-bond acceptors (Lipinski definition) is 0. The molecule has 25 heavy (non-hydrogen) atoms. The molecule has 0 aromatic heterocycles. The Bertz CT molecular complexity index is 1050. The summed E-state index contributed by atoms with van der Waals surface area (Å²) in [6.45, 7) is 0. The number of benzene rings is 4. The van der Waals surface area contributed by atoms with Gasteiger partial charge in [0, 0.05) is 5.88 Å². The Hall–Kier alpha value is -2.57. The van der Waals surface area contributed by atoms with Crippen molar-refractivity contribution in [3.05, 3.63) is 102 Å². The van der Waals surface area contributed by atoms with Crippen LogP contribution in [-0.2, 0) is 12.3 Å². The van der Waals surface area contributed by atoms with Gasteiger partial charge in [0.15, 0.2) is 0 Å². The first-order valence-corrected chi connectivity index (χ1v) is 9.10. The molecular weight excluding hydrogens is 324 g/mol. The van der Waals surface area contributed by atoms with E-state index in [1.165, 1.54) is 38.2 Å². The second-order valence-corrected chi connectivity index (χ2v) is 6.51. The van der Waals surface area contributed by atoms with Crippen LogP contribution in [0.25, 0.3) is 27.6 Å². The van der Waals surface area contributed by atoms with Crippen LogP contribution in [0.15, 0.2) is 84.9 Å². The molecule has 0 radical (unpaired) electrons. The van der Waals surface area contributed by atoms with Crippen molar-refractivity contribution >= 4 is 39.2 Å². The molecule has 0 heterocycles. The molecule has 0 spiro atoms. The van der Waals surface area contributed by atoms with Crippen LogP contribution >= 0.6 is 11.6 Å². The van der Waals surface area contributed by atoms with Crippen LogP contribution in [0, 0.1) is 0 Å². The van der Waals surface area contributed by atoms with E-state index in [9.17, 15) is 0 Å². The summed E-state index contributed by atoms with van der Waals surface area (Å²) in [4.78, 5) is 0. The van der Waals surface area contributed by atoms with Gasteiger partial charge in [-0.1, -0.05) is 84.9 Å². The lowest BCUT2D eigenvalue weighted by Crippen LogP contribution is -1.90. The second kappa shape index (κ2) is 7.13. The molecule has 4 aromatic carbocycles. The lowest BCUT2D eigenvalue weighted by molar-refractivity contribution is 1.31. The van der Waals surface area contributed by atoms with E-state index in [-0.39, 0.29) is 0 Å². The summed E-state index contributed by atoms with van der Waals surface area (Å²) in [6.07, 6.45) is 5.33. The quantitative estimate of drug-likeness (QED) is 0.277. The zero-order valence-electron chi connectivity index (χ0n) is 14.0. The molecule has 0 aliphatic heterocycles. The van der Waals surface area contributed by atoms with Crippen LogP contribution in [-0.4, -0.2) is 0 Å². The van der Waals surface area contributed by atoms with Gasteiger partial charge in [-0.15, -0.1) is 11.6 Å². The fourth-order valence-corrected chi connectivity index (χ4v) is 3.74. The number of allylic oxidation sites excluding steroid dienone is 1. The average molecular weight is 343 g/mol. The van der Waals surface area contributed by atoms with Crippen molar-refractivity contribution in [2.24, 2.45) is 0 Å². The van der Waals surface area contributed by atoms with Crippen molar-refractivity contribution in [1.29, 1.82) is 0 Å². The highest BCUT2D eigenvalue weighted by Gasteiger charge is 2.08. The minimum Gasteiger partial charge on any atom is -0.122 e. The predicted octanol–water partition coefficient (Wildman–Crippen LogP) is 6.99. The average Bonchev–Trinajstić information content (AvgIpc) is 2.67. The summed E-state index contributed by atoms with van der Waals surface area (Å²) in [6, 6.07) is 27.8. The lowest BCUT2D eigenvalue weighted by Gasteiger charge is -2.12. The topological polar surface area (TPSA) is 0 Å². The number of alkyl halides is 1.